The molecular weight excluding hydrogens is 1380 g/mol. The number of hydrogen-bond acceptors (Lipinski definition) is 40. The molecule has 47 heteroatoms. The fraction of sp³-hybridized carbons (Fsp3) is 0.868. The molecule has 0 bridgehead atoms. The fourth-order valence-corrected chi connectivity index (χ4v) is 12.1. The summed E-state index contributed by atoms with van der Waals surface area (Å²) >= 11 is 0. The lowest BCUT2D eigenvalue weighted by atomic mass is 9.86. The molecule has 6 heterocycles. The second-order valence-corrected chi connectivity index (χ2v) is 24.1. The molecule has 0 aliphatic carbocycles. The van der Waals surface area contributed by atoms with Crippen molar-refractivity contribution < 1.29 is 213 Å². The van der Waals surface area contributed by atoms with Crippen LogP contribution >= 0.6 is 0 Å². The Morgan fingerprint density at radius 3 is 1.22 bits per heavy atom. The second kappa shape index (κ2) is 35.6. The minimum Gasteiger partial charge on any atom is -0.477 e. The van der Waals surface area contributed by atoms with Crippen molar-refractivity contribution in [2.75, 3.05) is 59.5 Å². The summed E-state index contributed by atoms with van der Waals surface area (Å²) in [6, 6.07) is -8.34. The van der Waals surface area contributed by atoms with Crippen molar-refractivity contribution in [2.24, 2.45) is 0 Å². The van der Waals surface area contributed by atoms with Gasteiger partial charge < -0.3 is 201 Å². The molecule has 47 nitrogen and oxygen atoms in total. The van der Waals surface area contributed by atoms with E-state index in [1.54, 1.807) is 0 Å². The Kier molecular flexibility index (Phi) is 29.9. The van der Waals surface area contributed by atoms with E-state index >= 15 is 0 Å². The molecule has 6 saturated heterocycles. The van der Waals surface area contributed by atoms with Gasteiger partial charge in [0.25, 0.3) is 17.4 Å². The van der Waals surface area contributed by atoms with Crippen LogP contribution in [0.3, 0.4) is 0 Å². The summed E-state index contributed by atoms with van der Waals surface area (Å²) in [7, 11) is 0. The average Bonchev–Trinajstić information content (AvgIpc) is 0.761. The Morgan fingerprint density at radius 2 is 0.830 bits per heavy atom. The van der Waals surface area contributed by atoms with Crippen molar-refractivity contribution in [3.8, 4) is 0 Å². The van der Waals surface area contributed by atoms with E-state index in [-0.39, 0.29) is 0 Å². The molecule has 576 valence electrons. The van der Waals surface area contributed by atoms with Gasteiger partial charge in [-0.2, -0.15) is 0 Å². The van der Waals surface area contributed by atoms with Crippen molar-refractivity contribution in [2.45, 2.75) is 227 Å². The topological polar surface area (TPSA) is 775 Å². The Hall–Kier alpha value is -5.03. The molecule has 0 saturated carbocycles. The van der Waals surface area contributed by atoms with Crippen molar-refractivity contribution in [1.82, 2.24) is 21.3 Å². The van der Waals surface area contributed by atoms with E-state index in [1.807, 2.05) is 16.0 Å². The summed E-state index contributed by atoms with van der Waals surface area (Å²) in [5.41, 5.74) is 0. The number of carboxylic acids is 3. The first kappa shape index (κ1) is 83.9. The smallest absolute Gasteiger partial charge is 0.364 e. The van der Waals surface area contributed by atoms with Crippen molar-refractivity contribution in [3.63, 3.8) is 0 Å². The van der Waals surface area contributed by atoms with Crippen molar-refractivity contribution >= 4 is 41.5 Å². The number of aliphatic hydroxyl groups is 22. The maximum Gasteiger partial charge on any atom is 0.364 e. The lowest BCUT2D eigenvalue weighted by Crippen LogP contribution is -2.72. The summed E-state index contributed by atoms with van der Waals surface area (Å²) in [4.78, 5) is 90.4. The van der Waals surface area contributed by atoms with Gasteiger partial charge in [0.2, 0.25) is 23.6 Å². The zero-order valence-electron chi connectivity index (χ0n) is 52.3. The molecule has 33 atom stereocenters. The number of carbonyl (C=O) groups is 7. The highest BCUT2D eigenvalue weighted by atomic mass is 16.8. The summed E-state index contributed by atoms with van der Waals surface area (Å²) in [5.74, 6) is -22.7. The van der Waals surface area contributed by atoms with Gasteiger partial charge in [-0.25, -0.2) is 14.4 Å². The summed E-state index contributed by atoms with van der Waals surface area (Å²) in [6.45, 7) is -11.3. The minimum atomic E-state index is -3.68. The van der Waals surface area contributed by atoms with Gasteiger partial charge in [-0.1, -0.05) is 0 Å². The van der Waals surface area contributed by atoms with E-state index in [1.165, 1.54) is 0 Å². The number of aliphatic hydroxyl groups excluding tert-OH is 22. The molecule has 0 unspecified atom stereocenters. The first-order valence-corrected chi connectivity index (χ1v) is 30.5. The van der Waals surface area contributed by atoms with Gasteiger partial charge in [-0.15, -0.1) is 0 Å². The number of carboxylic acid groups (broad SMARTS) is 3. The molecule has 6 aliphatic rings. The molecule has 6 aliphatic heterocycles. The largest absolute Gasteiger partial charge is 0.477 e. The van der Waals surface area contributed by atoms with Gasteiger partial charge in [-0.3, -0.25) is 19.2 Å². The SMILES string of the molecule is CC(=O)N[C@@H]1[C@@H](O[C@@H]2O[C@H](CO)[C@H](O[C@@H]3O[C@H](CO)[C@H](O)[C@H](O)[C@H]3O)[C@H](O)[C@H]2O)[C@@H](O)[C@@H](CO[C@]2(C(=O)O)C[C@H](O)[C@@H](NC(=O)CO)[C@H]([C@H](O)[C@@H](CO)O[C@]3(C(=O)O)C[C@H](O)[C@@H](NC(=O)CO)[C@H]([C@H](O)[C@@H](CO)O[C@]4(C(=O)O)C[C@H](O)[C@@H](NC(=O)CO)[C@H]([C@H](O)[C@H](O)CO)O4)O3)O2)O[C@@H]1O. The zero-order valence-corrected chi connectivity index (χ0v) is 52.3. The molecule has 0 radical (unpaired) electrons. The van der Waals surface area contributed by atoms with Gasteiger partial charge in [-0.05, 0) is 0 Å². The Bertz CT molecular complexity index is 2730. The van der Waals surface area contributed by atoms with Crippen LogP contribution in [0.25, 0.3) is 0 Å². The molecule has 4 amide bonds. The van der Waals surface area contributed by atoms with E-state index in [2.05, 4.69) is 5.32 Å². The van der Waals surface area contributed by atoms with Crippen molar-refractivity contribution in [1.29, 1.82) is 0 Å². The van der Waals surface area contributed by atoms with Crippen LogP contribution in [0.2, 0.25) is 0 Å². The third kappa shape index (κ3) is 18.4. The van der Waals surface area contributed by atoms with E-state index in [0.717, 1.165) is 6.92 Å². The monoisotopic (exact) mass is 1470 g/mol. The van der Waals surface area contributed by atoms with Gasteiger partial charge in [0.1, 0.15) is 148 Å². The standard InChI is InChI=1S/C53H86N4O43/c1-14(66)54-30-41(95-47-39(82)37(80)40(22(9-62)93-47)94-46-38(81)36(79)32(75)19(6-59)92-46)35(78)23(91-45(30)83)13-90-51(48(84)85)2-15(67)28(56-25(72)11-64)43(98-51)33(76)20(7-60)97-53(50(88)89)4-17(69)29(57-26(73)12-65)44(100-53)34(77)21(8-61)96-52(49(86)87)3-16(68)27(55-24(71)10-63)42(99-52)31(74)18(70)5-58/h15-23,27-47,58-65,67-70,74-83H,2-13H2,1H3,(H,54,66)(H,55,71)(H,56,72)(H,57,73)(H,84,85)(H,86,87)(H,88,89)/t15-,16-,17-,18+,19+,20+,21+,22+,23+,27+,28+,29+,30+,31+,32-,33+,34+,35-,36-,37+,38+,39+,40-,41+,42+,43+,44+,45-,46-,47-,51+,52+,53+/m0/s1. The summed E-state index contributed by atoms with van der Waals surface area (Å²) in [6.07, 6.45) is -63.9. The molecular formula is C53H86N4O43. The van der Waals surface area contributed by atoms with Crippen LogP contribution in [0.15, 0.2) is 0 Å². The van der Waals surface area contributed by atoms with E-state index < -0.39 is 321 Å². The predicted molar refractivity (Wildman–Crippen MR) is 301 cm³/mol. The number of ether oxygens (including phenoxy) is 11. The third-order valence-corrected chi connectivity index (χ3v) is 17.3. The molecule has 29 N–H and O–H groups in total. The highest BCUT2D eigenvalue weighted by Crippen LogP contribution is 2.42. The van der Waals surface area contributed by atoms with Crippen LogP contribution in [0.4, 0.5) is 0 Å². The normalized spacial score (nSPS) is 41.2. The zero-order chi connectivity index (χ0) is 75.0. The van der Waals surface area contributed by atoms with E-state index in [4.69, 9.17) is 52.1 Å². The second-order valence-electron chi connectivity index (χ2n) is 24.1. The van der Waals surface area contributed by atoms with E-state index in [0.29, 0.717) is 0 Å². The molecule has 0 spiro atoms. The Balaban J connectivity index is 1.30. The van der Waals surface area contributed by atoms with E-state index in [9.17, 15) is 161 Å². The summed E-state index contributed by atoms with van der Waals surface area (Å²) in [5, 5.41) is 277. The van der Waals surface area contributed by atoms with Crippen LogP contribution < -0.4 is 21.3 Å². The van der Waals surface area contributed by atoms with Crippen LogP contribution in [-0.2, 0) is 85.7 Å². The number of carbonyl (C=O) groups excluding carboxylic acids is 4. The maximum atomic E-state index is 13.6. The molecule has 6 fully saturated rings. The van der Waals surface area contributed by atoms with Crippen LogP contribution in [0.5, 0.6) is 0 Å². The van der Waals surface area contributed by atoms with Gasteiger partial charge in [0.05, 0.1) is 76.1 Å². The van der Waals surface area contributed by atoms with Gasteiger partial charge >= 0.3 is 17.9 Å². The molecule has 0 aromatic carbocycles. The molecule has 0 aromatic rings. The van der Waals surface area contributed by atoms with Crippen LogP contribution in [0, 0.1) is 0 Å². The lowest BCUT2D eigenvalue weighted by molar-refractivity contribution is -0.374. The third-order valence-electron chi connectivity index (χ3n) is 17.3. The number of rotatable bonds is 32. The Labute approximate surface area is 561 Å². The lowest BCUT2D eigenvalue weighted by Gasteiger charge is -2.51. The highest BCUT2D eigenvalue weighted by molar-refractivity contribution is 5.80. The number of aliphatic carboxylic acids is 3. The first-order valence-electron chi connectivity index (χ1n) is 30.5. The molecule has 0 aromatic heterocycles. The number of hydrogen-bond donors (Lipinski definition) is 29. The van der Waals surface area contributed by atoms with Crippen molar-refractivity contribution in [3.05, 3.63) is 0 Å². The number of amides is 4. The maximum absolute atomic E-state index is 13.6. The Morgan fingerprint density at radius 1 is 0.440 bits per heavy atom. The van der Waals surface area contributed by atoms with Crippen LogP contribution in [0.1, 0.15) is 26.2 Å². The minimum absolute atomic E-state index is 0.903. The number of nitrogens with one attached hydrogen (secondary N) is 4. The molecule has 100 heavy (non-hydrogen) atoms. The quantitative estimate of drug-likeness (QED) is 0.0297. The van der Waals surface area contributed by atoms with Gasteiger partial charge in [0.15, 0.2) is 18.9 Å². The fourth-order valence-electron chi connectivity index (χ4n) is 12.1. The predicted octanol–water partition coefficient (Wildman–Crippen LogP) is -19.0. The first-order chi connectivity index (χ1) is 46.9. The average molecular weight is 1470 g/mol. The highest BCUT2D eigenvalue weighted by Gasteiger charge is 2.64. The summed E-state index contributed by atoms with van der Waals surface area (Å²) < 4.78 is 61.5. The molecule has 6 rings (SSSR count). The van der Waals surface area contributed by atoms with Gasteiger partial charge in [0, 0.05) is 26.2 Å². The van der Waals surface area contributed by atoms with Crippen LogP contribution in [-0.4, -0.2) is 429 Å².